The topological polar surface area (TPSA) is 46.5 Å². The number of ether oxygens (including phenoxy) is 1. The molecule has 3 nitrogen and oxygen atoms in total. The van der Waals surface area contributed by atoms with Crippen LogP contribution in [0.25, 0.3) is 11.1 Å². The Kier molecular flexibility index (Phi) is 7.49. The van der Waals surface area contributed by atoms with Gasteiger partial charge in [-0.3, -0.25) is 4.79 Å². The van der Waals surface area contributed by atoms with Gasteiger partial charge in [-0.05, 0) is 66.3 Å². The van der Waals surface area contributed by atoms with Crippen molar-refractivity contribution in [3.05, 3.63) is 119 Å². The van der Waals surface area contributed by atoms with Gasteiger partial charge in [0.25, 0.3) is 0 Å². The van der Waals surface area contributed by atoms with Gasteiger partial charge in [-0.1, -0.05) is 73.2 Å². The van der Waals surface area contributed by atoms with E-state index in [1.54, 1.807) is 19.1 Å². The lowest BCUT2D eigenvalue weighted by atomic mass is 9.99. The average Bonchev–Trinajstić information content (AvgIpc) is 2.88. The lowest BCUT2D eigenvalue weighted by Gasteiger charge is -2.19. The molecule has 0 aromatic heterocycles. The first-order valence-corrected chi connectivity index (χ1v) is 11.9. The number of aromatic hydroxyl groups is 1. The molecule has 4 aromatic carbocycles. The third-order valence-corrected chi connectivity index (χ3v) is 6.17. The summed E-state index contributed by atoms with van der Waals surface area (Å²) in [5, 5.41) is 10.00. The molecular weight excluding hydrogens is 458 g/mol. The molecule has 0 heterocycles. The zero-order valence-corrected chi connectivity index (χ0v) is 20.3. The molecule has 0 aliphatic heterocycles. The van der Waals surface area contributed by atoms with Crippen molar-refractivity contribution in [2.75, 3.05) is 0 Å². The van der Waals surface area contributed by atoms with Gasteiger partial charge in [-0.2, -0.15) is 8.78 Å². The largest absolute Gasteiger partial charge is 0.507 e. The molecule has 0 atom stereocenters. The maximum Gasteiger partial charge on any atom is 0.426 e. The van der Waals surface area contributed by atoms with Gasteiger partial charge in [0.2, 0.25) is 0 Å². The minimum absolute atomic E-state index is 0.0821. The fourth-order valence-corrected chi connectivity index (χ4v) is 3.97. The normalized spacial score (nSPS) is 11.3. The lowest BCUT2D eigenvalue weighted by molar-refractivity contribution is -0.185. The number of carbonyl (C=O) groups excluding carboxylic acids is 1. The van der Waals surface area contributed by atoms with Gasteiger partial charge in [0.1, 0.15) is 11.5 Å². The van der Waals surface area contributed by atoms with E-state index in [0.29, 0.717) is 0 Å². The minimum atomic E-state index is -3.61. The van der Waals surface area contributed by atoms with Crippen LogP contribution in [-0.4, -0.2) is 10.9 Å². The van der Waals surface area contributed by atoms with Gasteiger partial charge in [0, 0.05) is 12.5 Å². The summed E-state index contributed by atoms with van der Waals surface area (Å²) >= 11 is 0. The molecule has 0 saturated heterocycles. The third-order valence-electron chi connectivity index (χ3n) is 6.17. The number of rotatable bonds is 9. The van der Waals surface area contributed by atoms with Crippen LogP contribution in [0.3, 0.4) is 0 Å². The summed E-state index contributed by atoms with van der Waals surface area (Å²) in [5.74, 6) is -0.885. The molecule has 0 spiro atoms. The number of benzene rings is 4. The van der Waals surface area contributed by atoms with E-state index in [4.69, 9.17) is 4.74 Å². The highest BCUT2D eigenvalue weighted by atomic mass is 19.3. The molecule has 1 N–H and O–H groups in total. The Labute approximate surface area is 210 Å². The summed E-state index contributed by atoms with van der Waals surface area (Å²) in [6, 6.07) is 26.2. The van der Waals surface area contributed by atoms with Gasteiger partial charge >= 0.3 is 6.11 Å². The maximum absolute atomic E-state index is 14.8. The SMILES string of the molecule is CCC(=O)c1ccc(OC(F)(F)c2ccc(-c3ccc(CCc4ccc(C)cc4)cc3)cc2)cc1O. The van der Waals surface area contributed by atoms with E-state index in [9.17, 15) is 18.7 Å². The van der Waals surface area contributed by atoms with Crippen molar-refractivity contribution in [2.24, 2.45) is 0 Å². The Morgan fingerprint density at radius 1 is 0.806 bits per heavy atom. The molecule has 0 saturated carbocycles. The minimum Gasteiger partial charge on any atom is -0.507 e. The summed E-state index contributed by atoms with van der Waals surface area (Å²) in [6.45, 7) is 3.73. The van der Waals surface area contributed by atoms with Crippen LogP contribution in [0.4, 0.5) is 8.78 Å². The maximum atomic E-state index is 14.8. The van der Waals surface area contributed by atoms with Gasteiger partial charge in [-0.15, -0.1) is 0 Å². The van der Waals surface area contributed by atoms with E-state index >= 15 is 0 Å². The van der Waals surface area contributed by atoms with Crippen molar-refractivity contribution in [1.82, 2.24) is 0 Å². The molecule has 0 unspecified atom stereocenters. The number of carbonyl (C=O) groups is 1. The number of phenolic OH excluding ortho intramolecular Hbond substituents is 1. The number of ketones is 1. The second kappa shape index (κ2) is 10.7. The molecular formula is C31H28F2O3. The number of aryl methyl sites for hydroxylation is 3. The zero-order chi connectivity index (χ0) is 25.7. The van der Waals surface area contributed by atoms with Crippen LogP contribution in [0.1, 0.15) is 46.0 Å². The van der Waals surface area contributed by atoms with Gasteiger partial charge in [0.05, 0.1) is 11.1 Å². The Morgan fingerprint density at radius 3 is 1.86 bits per heavy atom. The Balaban J connectivity index is 1.41. The molecule has 0 amide bonds. The second-order valence-electron chi connectivity index (χ2n) is 8.83. The van der Waals surface area contributed by atoms with Crippen LogP contribution in [0, 0.1) is 6.92 Å². The summed E-state index contributed by atoms with van der Waals surface area (Å²) in [5.41, 5.74) is 5.28. The summed E-state index contributed by atoms with van der Waals surface area (Å²) in [7, 11) is 0. The van der Waals surface area contributed by atoms with Crippen molar-refractivity contribution in [2.45, 2.75) is 39.2 Å². The number of hydrogen-bond donors (Lipinski definition) is 1. The predicted octanol–water partition coefficient (Wildman–Crippen LogP) is 7.87. The predicted molar refractivity (Wildman–Crippen MR) is 138 cm³/mol. The van der Waals surface area contributed by atoms with Crippen LogP contribution in [0.2, 0.25) is 0 Å². The van der Waals surface area contributed by atoms with Crippen molar-refractivity contribution >= 4 is 5.78 Å². The molecule has 184 valence electrons. The zero-order valence-electron chi connectivity index (χ0n) is 20.3. The van der Waals surface area contributed by atoms with Crippen LogP contribution in [0.5, 0.6) is 11.5 Å². The van der Waals surface area contributed by atoms with E-state index in [2.05, 4.69) is 43.3 Å². The van der Waals surface area contributed by atoms with Crippen LogP contribution < -0.4 is 4.74 Å². The second-order valence-corrected chi connectivity index (χ2v) is 8.83. The summed E-state index contributed by atoms with van der Waals surface area (Å²) in [4.78, 5) is 11.8. The third kappa shape index (κ3) is 5.98. The lowest BCUT2D eigenvalue weighted by Crippen LogP contribution is -2.21. The van der Waals surface area contributed by atoms with Crippen molar-refractivity contribution in [3.8, 4) is 22.6 Å². The molecule has 0 bridgehead atoms. The summed E-state index contributed by atoms with van der Waals surface area (Å²) < 4.78 is 34.4. The fraction of sp³-hybridized carbons (Fsp3) is 0.194. The van der Waals surface area contributed by atoms with E-state index < -0.39 is 6.11 Å². The fourth-order valence-electron chi connectivity index (χ4n) is 3.97. The Hall–Kier alpha value is -3.99. The van der Waals surface area contributed by atoms with Crippen LogP contribution in [-0.2, 0) is 19.0 Å². The van der Waals surface area contributed by atoms with Crippen molar-refractivity contribution in [3.63, 3.8) is 0 Å². The molecule has 36 heavy (non-hydrogen) atoms. The van der Waals surface area contributed by atoms with E-state index in [1.807, 2.05) is 12.1 Å². The number of phenols is 1. The number of Topliss-reactive ketones (excluding diaryl/α,β-unsaturated/α-hetero) is 1. The highest BCUT2D eigenvalue weighted by Crippen LogP contribution is 2.35. The molecule has 0 aliphatic rings. The van der Waals surface area contributed by atoms with Gasteiger partial charge in [-0.25, -0.2) is 0 Å². The highest BCUT2D eigenvalue weighted by molar-refractivity contribution is 5.98. The van der Waals surface area contributed by atoms with Crippen LogP contribution in [0.15, 0.2) is 91.0 Å². The molecule has 0 fully saturated rings. The highest BCUT2D eigenvalue weighted by Gasteiger charge is 2.34. The number of halogens is 2. The first kappa shape index (κ1) is 25.1. The van der Waals surface area contributed by atoms with E-state index in [0.717, 1.165) is 30.0 Å². The molecule has 4 aromatic rings. The quantitative estimate of drug-likeness (QED) is 0.245. The van der Waals surface area contributed by atoms with Crippen molar-refractivity contribution in [1.29, 1.82) is 0 Å². The average molecular weight is 487 g/mol. The first-order valence-electron chi connectivity index (χ1n) is 11.9. The number of hydrogen-bond acceptors (Lipinski definition) is 3. The van der Waals surface area contributed by atoms with Crippen LogP contribution >= 0.6 is 0 Å². The molecule has 5 heteroatoms. The smallest absolute Gasteiger partial charge is 0.426 e. The Bertz CT molecular complexity index is 1330. The summed E-state index contributed by atoms with van der Waals surface area (Å²) in [6.07, 6.45) is -1.53. The number of alkyl halides is 2. The molecule has 0 radical (unpaired) electrons. The first-order chi connectivity index (χ1) is 17.2. The van der Waals surface area contributed by atoms with Gasteiger partial charge in [0.15, 0.2) is 5.78 Å². The van der Waals surface area contributed by atoms with Crippen molar-refractivity contribution < 1.29 is 23.4 Å². The Morgan fingerprint density at radius 2 is 1.33 bits per heavy atom. The van der Waals surface area contributed by atoms with E-state index in [1.165, 1.54) is 41.0 Å². The molecule has 4 rings (SSSR count). The van der Waals surface area contributed by atoms with E-state index in [-0.39, 0.29) is 34.8 Å². The molecule has 0 aliphatic carbocycles. The standard InChI is InChI=1S/C31H28F2O3/c1-3-29(34)28-19-18-27(20-30(28)35)36-31(32,33)26-16-14-25(15-17-26)24-12-10-23(11-13-24)9-8-22-6-4-21(2)5-7-22/h4-7,10-20,35H,3,8-9H2,1-2H3. The van der Waals surface area contributed by atoms with Gasteiger partial charge < -0.3 is 9.84 Å². The monoisotopic (exact) mass is 486 g/mol.